The van der Waals surface area contributed by atoms with Crippen LogP contribution in [0.5, 0.6) is 0 Å². The topological polar surface area (TPSA) is 63.2 Å². The van der Waals surface area contributed by atoms with Gasteiger partial charge < -0.3 is 15.0 Å². The Labute approximate surface area is 278 Å². The van der Waals surface area contributed by atoms with Gasteiger partial charge in [0, 0.05) is 0 Å². The van der Waals surface area contributed by atoms with Crippen LogP contribution in [0.25, 0.3) is 0 Å². The van der Waals surface area contributed by atoms with Gasteiger partial charge in [0.1, 0.15) is 0 Å². The summed E-state index contributed by atoms with van der Waals surface area (Å²) in [6, 6.07) is 42.3. The van der Waals surface area contributed by atoms with Crippen molar-refractivity contribution in [2.24, 2.45) is 0 Å². The van der Waals surface area contributed by atoms with Crippen molar-refractivity contribution in [3.05, 3.63) is 121 Å². The number of benzene rings is 4. The summed E-state index contributed by atoms with van der Waals surface area (Å²) in [6.45, 7) is 0. The summed E-state index contributed by atoms with van der Waals surface area (Å²) in [5.74, 6) is 0. The van der Waals surface area contributed by atoms with Gasteiger partial charge >= 0.3 is 103 Å². The van der Waals surface area contributed by atoms with Crippen LogP contribution in [-0.2, 0) is 0 Å². The van der Waals surface area contributed by atoms with Crippen LogP contribution in [0.4, 0.5) is 4.79 Å². The Kier molecular flexibility index (Phi) is 20.8. The summed E-state index contributed by atoms with van der Waals surface area (Å²) in [4.78, 5) is 8.33. The van der Waals surface area contributed by atoms with Crippen molar-refractivity contribution in [3.63, 3.8) is 0 Å². The Balaban J connectivity index is 0.000000490. The van der Waals surface area contributed by atoms with E-state index in [4.69, 9.17) is 15.0 Å². The molecule has 0 atom stereocenters. The molecule has 0 aliphatic rings. The fraction of sp³-hybridized carbons (Fsp3) is 0. The summed E-state index contributed by atoms with van der Waals surface area (Å²) in [6.07, 6.45) is -2.33. The molecule has 0 aliphatic carbocycles. The maximum absolute atomic E-state index is 8.33. The number of rotatable bonds is 4. The molecule has 0 radical (unpaired) electrons. The third-order valence-electron chi connectivity index (χ3n) is 3.67. The fourth-order valence-corrected chi connectivity index (χ4v) is 4.52. The van der Waals surface area contributed by atoms with Crippen LogP contribution in [0.2, 0.25) is 0 Å². The number of carboxylic acid groups (broad SMARTS) is 2. The predicted molar refractivity (Wildman–Crippen MR) is 126 cm³/mol. The monoisotopic (exact) mass is 510 g/mol. The van der Waals surface area contributed by atoms with Crippen LogP contribution in [-0.4, -0.2) is 6.16 Å². The molecule has 0 saturated heterocycles. The minimum absolute atomic E-state index is 0. The third kappa shape index (κ3) is 16.0. The maximum atomic E-state index is 8.33. The number of carbonyl (C=O) groups excluding carboxylic acids is 1. The van der Waals surface area contributed by atoms with Gasteiger partial charge in [0.15, 0.2) is 0 Å². The van der Waals surface area contributed by atoms with Crippen LogP contribution < -0.4 is 134 Å². The first-order valence-electron chi connectivity index (χ1n) is 9.26. The van der Waals surface area contributed by atoms with Gasteiger partial charge in [-0.3, -0.25) is 0 Å². The first kappa shape index (κ1) is 32.3. The Hall–Kier alpha value is 0.283. The van der Waals surface area contributed by atoms with E-state index >= 15 is 0 Å². The molecular weight excluding hydrogens is 488 g/mol. The molecule has 0 fully saturated rings. The zero-order valence-electron chi connectivity index (χ0n) is 18.3. The molecule has 0 saturated carbocycles. The van der Waals surface area contributed by atoms with E-state index in [1.807, 2.05) is 0 Å². The minimum atomic E-state index is -2.33. The molecule has 0 aromatic heterocycles. The number of carbonyl (C=O) groups is 1. The van der Waals surface area contributed by atoms with Gasteiger partial charge in [0.05, 0.1) is 0 Å². The molecule has 152 valence electrons. The van der Waals surface area contributed by atoms with Crippen molar-refractivity contribution in [3.8, 4) is 0 Å². The standard InChI is InChI=1S/2C12H11P.CH2O3.2K/c2*1-3-7-11(8-4-1)13-12-9-5-2-6-10-12;2-1(3)4;;/h2*1-10,13H;(H2,2,3,4);;/q;;;2*+1/p-2. The number of hydrogen-bond acceptors (Lipinski definition) is 3. The van der Waals surface area contributed by atoms with Gasteiger partial charge in [-0.1, -0.05) is 138 Å². The van der Waals surface area contributed by atoms with Crippen LogP contribution in [0.1, 0.15) is 0 Å². The summed E-state index contributed by atoms with van der Waals surface area (Å²) < 4.78 is 0. The predicted octanol–water partition coefficient (Wildman–Crippen LogP) is -3.81. The zero-order chi connectivity index (χ0) is 21.4. The van der Waals surface area contributed by atoms with E-state index in [1.54, 1.807) is 0 Å². The maximum Gasteiger partial charge on any atom is 1.00 e. The molecule has 0 spiro atoms. The average molecular weight is 511 g/mol. The van der Waals surface area contributed by atoms with Gasteiger partial charge in [-0.25, -0.2) is 0 Å². The quantitative estimate of drug-likeness (QED) is 0.209. The molecule has 4 aromatic rings. The number of hydrogen-bond donors (Lipinski definition) is 0. The largest absolute Gasteiger partial charge is 1.00 e. The van der Waals surface area contributed by atoms with E-state index < -0.39 is 6.16 Å². The van der Waals surface area contributed by atoms with Crippen molar-refractivity contribution in [2.45, 2.75) is 0 Å². The smallest absolute Gasteiger partial charge is 0.652 e. The molecule has 0 unspecified atom stereocenters. The van der Waals surface area contributed by atoms with Crippen molar-refractivity contribution < 1.29 is 118 Å². The molecular formula is C25H22K2O3P2. The zero-order valence-corrected chi connectivity index (χ0v) is 26.5. The molecule has 0 aliphatic heterocycles. The van der Waals surface area contributed by atoms with Gasteiger partial charge in [0.25, 0.3) is 0 Å². The van der Waals surface area contributed by atoms with E-state index in [0.29, 0.717) is 0 Å². The Morgan fingerprint density at radius 1 is 0.438 bits per heavy atom. The normalized spacial score (nSPS) is 8.75. The molecule has 32 heavy (non-hydrogen) atoms. The molecule has 0 heterocycles. The molecule has 0 bridgehead atoms. The summed E-state index contributed by atoms with van der Waals surface area (Å²) in [7, 11) is 1.55. The summed E-state index contributed by atoms with van der Waals surface area (Å²) in [5, 5.41) is 22.3. The van der Waals surface area contributed by atoms with E-state index in [9.17, 15) is 0 Å². The SMILES string of the molecule is O=C([O-])[O-].[K+].[K+].c1ccc(Pc2ccccc2)cc1.c1ccc(Pc2ccccc2)cc1. The Morgan fingerprint density at radius 2 is 0.594 bits per heavy atom. The van der Waals surface area contributed by atoms with Crippen LogP contribution in [0.15, 0.2) is 121 Å². The first-order valence-corrected chi connectivity index (χ1v) is 11.3. The van der Waals surface area contributed by atoms with E-state index in [-0.39, 0.29) is 103 Å². The van der Waals surface area contributed by atoms with Crippen molar-refractivity contribution in [2.75, 3.05) is 0 Å². The molecule has 0 N–H and O–H groups in total. The molecule has 4 rings (SSSR count). The van der Waals surface area contributed by atoms with Crippen molar-refractivity contribution in [1.29, 1.82) is 0 Å². The van der Waals surface area contributed by atoms with E-state index in [1.165, 1.54) is 21.2 Å². The second-order valence-corrected chi connectivity index (χ2v) is 8.77. The van der Waals surface area contributed by atoms with Gasteiger partial charge in [-0.15, -0.1) is 0 Å². The van der Waals surface area contributed by atoms with Gasteiger partial charge in [0.2, 0.25) is 0 Å². The van der Waals surface area contributed by atoms with Crippen LogP contribution >= 0.6 is 17.2 Å². The van der Waals surface area contributed by atoms with Crippen molar-refractivity contribution in [1.82, 2.24) is 0 Å². The summed E-state index contributed by atoms with van der Waals surface area (Å²) in [5.41, 5.74) is 0. The van der Waals surface area contributed by atoms with E-state index in [0.717, 1.165) is 17.2 Å². The molecule has 0 amide bonds. The molecule has 7 heteroatoms. The first-order chi connectivity index (χ1) is 14.6. The second kappa shape index (κ2) is 20.6. The summed E-state index contributed by atoms with van der Waals surface area (Å²) >= 11 is 0. The fourth-order valence-electron chi connectivity index (χ4n) is 2.42. The average Bonchev–Trinajstić information content (AvgIpc) is 2.77. The molecule has 4 aromatic carbocycles. The van der Waals surface area contributed by atoms with Crippen LogP contribution in [0, 0.1) is 0 Å². The minimum Gasteiger partial charge on any atom is -0.652 e. The van der Waals surface area contributed by atoms with E-state index in [2.05, 4.69) is 121 Å². The van der Waals surface area contributed by atoms with Crippen LogP contribution in [0.3, 0.4) is 0 Å². The Bertz CT molecular complexity index is 819. The third-order valence-corrected chi connectivity index (χ3v) is 6.16. The van der Waals surface area contributed by atoms with Crippen molar-refractivity contribution >= 4 is 44.5 Å². The molecule has 3 nitrogen and oxygen atoms in total. The second-order valence-electron chi connectivity index (χ2n) is 5.96. The van der Waals surface area contributed by atoms with Gasteiger partial charge in [-0.05, 0) is 27.4 Å². The Morgan fingerprint density at radius 3 is 0.750 bits per heavy atom. The van der Waals surface area contributed by atoms with Gasteiger partial charge in [-0.2, -0.15) is 0 Å².